The van der Waals surface area contributed by atoms with Crippen molar-refractivity contribution in [3.8, 4) is 0 Å². The van der Waals surface area contributed by atoms with Gasteiger partial charge in [0.15, 0.2) is 0 Å². The first-order chi connectivity index (χ1) is 8.29. The average molecular weight is 234 g/mol. The number of aromatic nitrogens is 2. The van der Waals surface area contributed by atoms with Crippen LogP contribution in [0.1, 0.15) is 50.6 Å². The Morgan fingerprint density at radius 3 is 2.71 bits per heavy atom. The normalized spacial score (nSPS) is 18.2. The SMILES string of the molecule is CC(CCN)Nc1ccc(C2CCCC2)nn1. The Hall–Kier alpha value is -1.16. The molecular formula is C13H22N4. The minimum Gasteiger partial charge on any atom is -0.366 e. The van der Waals surface area contributed by atoms with Crippen LogP contribution in [0.5, 0.6) is 0 Å². The summed E-state index contributed by atoms with van der Waals surface area (Å²) < 4.78 is 0. The van der Waals surface area contributed by atoms with Gasteiger partial charge in [-0.05, 0) is 44.9 Å². The fourth-order valence-electron chi connectivity index (χ4n) is 2.43. The average Bonchev–Trinajstić information content (AvgIpc) is 2.84. The van der Waals surface area contributed by atoms with Crippen molar-refractivity contribution in [3.05, 3.63) is 17.8 Å². The van der Waals surface area contributed by atoms with Crippen LogP contribution in [0.2, 0.25) is 0 Å². The first-order valence-corrected chi connectivity index (χ1v) is 6.60. The van der Waals surface area contributed by atoms with Crippen LogP contribution >= 0.6 is 0 Å². The Balaban J connectivity index is 1.92. The minimum atomic E-state index is 0.353. The van der Waals surface area contributed by atoms with Gasteiger partial charge in [0.1, 0.15) is 5.82 Å². The van der Waals surface area contributed by atoms with Gasteiger partial charge in [0.2, 0.25) is 0 Å². The van der Waals surface area contributed by atoms with E-state index in [0.717, 1.165) is 17.9 Å². The van der Waals surface area contributed by atoms with Crippen LogP contribution in [0.25, 0.3) is 0 Å². The van der Waals surface area contributed by atoms with E-state index in [1.54, 1.807) is 0 Å². The fraction of sp³-hybridized carbons (Fsp3) is 0.692. The lowest BCUT2D eigenvalue weighted by Gasteiger charge is -2.13. The van der Waals surface area contributed by atoms with Gasteiger partial charge in [0.25, 0.3) is 0 Å². The number of nitrogens with one attached hydrogen (secondary N) is 1. The Morgan fingerprint density at radius 2 is 2.12 bits per heavy atom. The maximum absolute atomic E-state index is 5.51. The van der Waals surface area contributed by atoms with E-state index in [9.17, 15) is 0 Å². The molecule has 1 aromatic rings. The molecule has 0 spiro atoms. The highest BCUT2D eigenvalue weighted by atomic mass is 15.2. The van der Waals surface area contributed by atoms with Crippen LogP contribution in [0.3, 0.4) is 0 Å². The van der Waals surface area contributed by atoms with E-state index in [-0.39, 0.29) is 0 Å². The molecule has 0 bridgehead atoms. The first-order valence-electron chi connectivity index (χ1n) is 6.60. The van der Waals surface area contributed by atoms with Crippen molar-refractivity contribution in [1.82, 2.24) is 10.2 Å². The maximum atomic E-state index is 5.51. The lowest BCUT2D eigenvalue weighted by atomic mass is 10.0. The molecule has 1 unspecified atom stereocenters. The van der Waals surface area contributed by atoms with Gasteiger partial charge in [0.05, 0.1) is 5.69 Å². The molecule has 1 saturated carbocycles. The van der Waals surface area contributed by atoms with Crippen molar-refractivity contribution in [3.63, 3.8) is 0 Å². The van der Waals surface area contributed by atoms with Gasteiger partial charge in [-0.3, -0.25) is 0 Å². The topological polar surface area (TPSA) is 63.8 Å². The molecule has 1 fully saturated rings. The molecule has 0 radical (unpaired) electrons. The second-order valence-corrected chi connectivity index (χ2v) is 4.95. The predicted octanol–water partition coefficient (Wildman–Crippen LogP) is 2.28. The largest absolute Gasteiger partial charge is 0.366 e. The first kappa shape index (κ1) is 12.3. The third kappa shape index (κ3) is 3.40. The Morgan fingerprint density at radius 1 is 1.35 bits per heavy atom. The zero-order valence-corrected chi connectivity index (χ0v) is 10.5. The molecule has 0 saturated heterocycles. The Kier molecular flexibility index (Phi) is 4.31. The number of hydrogen-bond acceptors (Lipinski definition) is 4. The zero-order chi connectivity index (χ0) is 12.1. The summed E-state index contributed by atoms with van der Waals surface area (Å²) in [5, 5.41) is 11.9. The summed E-state index contributed by atoms with van der Waals surface area (Å²) in [6.07, 6.45) is 6.15. The summed E-state index contributed by atoms with van der Waals surface area (Å²) in [6, 6.07) is 4.50. The molecule has 4 nitrogen and oxygen atoms in total. The molecule has 0 amide bonds. The molecule has 1 aliphatic carbocycles. The molecule has 17 heavy (non-hydrogen) atoms. The Labute approximate surface area is 103 Å². The van der Waals surface area contributed by atoms with Crippen molar-refractivity contribution in [2.45, 2.75) is 51.0 Å². The standard InChI is InChI=1S/C13H22N4/c1-10(8-9-14)15-13-7-6-12(16-17-13)11-4-2-3-5-11/h6-7,10-11H,2-5,8-9,14H2,1H3,(H,15,17). The lowest BCUT2D eigenvalue weighted by molar-refractivity contribution is 0.675. The summed E-state index contributed by atoms with van der Waals surface area (Å²) >= 11 is 0. The van der Waals surface area contributed by atoms with Crippen molar-refractivity contribution < 1.29 is 0 Å². The molecule has 2 rings (SSSR count). The van der Waals surface area contributed by atoms with Crippen molar-refractivity contribution in [2.24, 2.45) is 5.73 Å². The highest BCUT2D eigenvalue weighted by Crippen LogP contribution is 2.32. The zero-order valence-electron chi connectivity index (χ0n) is 10.5. The lowest BCUT2D eigenvalue weighted by Crippen LogP contribution is -2.20. The van der Waals surface area contributed by atoms with Gasteiger partial charge in [-0.25, -0.2) is 0 Å². The smallest absolute Gasteiger partial charge is 0.148 e. The van der Waals surface area contributed by atoms with Gasteiger partial charge in [-0.2, -0.15) is 5.10 Å². The van der Waals surface area contributed by atoms with Crippen LogP contribution < -0.4 is 11.1 Å². The van der Waals surface area contributed by atoms with E-state index in [2.05, 4.69) is 28.5 Å². The summed E-state index contributed by atoms with van der Waals surface area (Å²) in [5.41, 5.74) is 6.67. The second kappa shape index (κ2) is 5.96. The number of nitrogens with two attached hydrogens (primary N) is 1. The van der Waals surface area contributed by atoms with E-state index in [0.29, 0.717) is 18.5 Å². The molecular weight excluding hydrogens is 212 g/mol. The number of anilines is 1. The molecule has 1 heterocycles. The number of nitrogens with zero attached hydrogens (tertiary/aromatic N) is 2. The van der Waals surface area contributed by atoms with Gasteiger partial charge in [-0.1, -0.05) is 12.8 Å². The third-order valence-corrected chi connectivity index (χ3v) is 3.45. The molecule has 3 N–H and O–H groups in total. The van der Waals surface area contributed by atoms with Crippen molar-refractivity contribution in [1.29, 1.82) is 0 Å². The van der Waals surface area contributed by atoms with Crippen molar-refractivity contribution in [2.75, 3.05) is 11.9 Å². The molecule has 0 aliphatic heterocycles. The molecule has 1 aliphatic rings. The highest BCUT2D eigenvalue weighted by Gasteiger charge is 2.18. The van der Waals surface area contributed by atoms with Crippen LogP contribution in [-0.2, 0) is 0 Å². The van der Waals surface area contributed by atoms with E-state index in [1.807, 2.05) is 6.07 Å². The quantitative estimate of drug-likeness (QED) is 0.820. The Bertz CT molecular complexity index is 330. The highest BCUT2D eigenvalue weighted by molar-refractivity contribution is 5.34. The van der Waals surface area contributed by atoms with Gasteiger partial charge >= 0.3 is 0 Å². The summed E-state index contributed by atoms with van der Waals surface area (Å²) in [4.78, 5) is 0. The van der Waals surface area contributed by atoms with Crippen LogP contribution in [-0.4, -0.2) is 22.8 Å². The fourth-order valence-corrected chi connectivity index (χ4v) is 2.43. The van der Waals surface area contributed by atoms with E-state index in [1.165, 1.54) is 25.7 Å². The van der Waals surface area contributed by atoms with E-state index < -0.39 is 0 Å². The van der Waals surface area contributed by atoms with Crippen molar-refractivity contribution >= 4 is 5.82 Å². The molecule has 1 aromatic heterocycles. The van der Waals surface area contributed by atoms with Gasteiger partial charge < -0.3 is 11.1 Å². The molecule has 0 aromatic carbocycles. The third-order valence-electron chi connectivity index (χ3n) is 3.45. The van der Waals surface area contributed by atoms with E-state index in [4.69, 9.17) is 5.73 Å². The predicted molar refractivity (Wildman–Crippen MR) is 70.0 cm³/mol. The van der Waals surface area contributed by atoms with Crippen LogP contribution in [0.15, 0.2) is 12.1 Å². The molecule has 4 heteroatoms. The molecule has 1 atom stereocenters. The van der Waals surface area contributed by atoms with Gasteiger partial charge in [-0.15, -0.1) is 5.10 Å². The summed E-state index contributed by atoms with van der Waals surface area (Å²) in [5.74, 6) is 1.49. The number of hydrogen-bond donors (Lipinski definition) is 2. The maximum Gasteiger partial charge on any atom is 0.148 e. The van der Waals surface area contributed by atoms with E-state index >= 15 is 0 Å². The van der Waals surface area contributed by atoms with Gasteiger partial charge in [0, 0.05) is 12.0 Å². The minimum absolute atomic E-state index is 0.353. The monoisotopic (exact) mass is 234 g/mol. The summed E-state index contributed by atoms with van der Waals surface area (Å²) in [6.45, 7) is 2.81. The summed E-state index contributed by atoms with van der Waals surface area (Å²) in [7, 11) is 0. The van der Waals surface area contributed by atoms with Crippen LogP contribution in [0.4, 0.5) is 5.82 Å². The van der Waals surface area contributed by atoms with Crippen LogP contribution in [0, 0.1) is 0 Å². The number of rotatable bonds is 5. The second-order valence-electron chi connectivity index (χ2n) is 4.95. The molecule has 94 valence electrons.